The Morgan fingerprint density at radius 1 is 1.21 bits per heavy atom. The highest BCUT2D eigenvalue weighted by Crippen LogP contribution is 2.38. The molecular formula is C22H18N2O4S. The number of aromatic hydroxyl groups is 2. The van der Waals surface area contributed by atoms with Crippen molar-refractivity contribution in [3.05, 3.63) is 59.0 Å². The molecule has 2 N–H and O–H groups in total. The van der Waals surface area contributed by atoms with Gasteiger partial charge in [-0.15, -0.1) is 0 Å². The van der Waals surface area contributed by atoms with Gasteiger partial charge in [-0.25, -0.2) is 4.98 Å². The molecule has 0 aliphatic heterocycles. The van der Waals surface area contributed by atoms with E-state index in [1.807, 2.05) is 6.07 Å². The van der Waals surface area contributed by atoms with Gasteiger partial charge in [0.1, 0.15) is 16.9 Å². The minimum atomic E-state index is -0.342. The second-order valence-electron chi connectivity index (χ2n) is 6.80. The van der Waals surface area contributed by atoms with E-state index < -0.39 is 0 Å². The molecule has 7 heteroatoms. The van der Waals surface area contributed by atoms with Crippen LogP contribution in [0.1, 0.15) is 40.0 Å². The van der Waals surface area contributed by atoms with Crippen molar-refractivity contribution in [3.63, 3.8) is 0 Å². The number of benzene rings is 1. The number of ketones is 1. The Morgan fingerprint density at radius 3 is 2.76 bits per heavy atom. The van der Waals surface area contributed by atoms with Crippen LogP contribution in [0.3, 0.4) is 0 Å². The van der Waals surface area contributed by atoms with Crippen molar-refractivity contribution in [3.8, 4) is 28.9 Å². The first-order valence-electron chi connectivity index (χ1n) is 9.26. The van der Waals surface area contributed by atoms with Gasteiger partial charge in [0.05, 0.1) is 17.6 Å². The maximum absolute atomic E-state index is 12.5. The van der Waals surface area contributed by atoms with E-state index in [1.165, 1.54) is 30.0 Å². The van der Waals surface area contributed by atoms with Gasteiger partial charge < -0.3 is 14.6 Å². The van der Waals surface area contributed by atoms with E-state index in [2.05, 4.69) is 6.07 Å². The molecule has 1 aliphatic carbocycles. The molecule has 0 saturated carbocycles. The Bertz CT molecular complexity index is 1120. The van der Waals surface area contributed by atoms with Gasteiger partial charge in [-0.05, 0) is 61.6 Å². The van der Waals surface area contributed by atoms with Crippen LogP contribution in [0.25, 0.3) is 11.3 Å². The second kappa shape index (κ2) is 8.02. The zero-order valence-electron chi connectivity index (χ0n) is 15.5. The standard InChI is InChI=1S/C22H18N2O4S/c23-11-15-21(20-6-3-9-28-20)14-4-1-2-5-16(14)24-22(15)29-12-19(27)13-7-8-17(25)18(26)10-13/h3,6-10,25-26H,1-2,4-5,12H2. The zero-order chi connectivity index (χ0) is 20.4. The monoisotopic (exact) mass is 406 g/mol. The number of nitrogens with zero attached hydrogens (tertiary/aromatic N) is 2. The fourth-order valence-electron chi connectivity index (χ4n) is 3.53. The lowest BCUT2D eigenvalue weighted by atomic mass is 9.89. The summed E-state index contributed by atoms with van der Waals surface area (Å²) < 4.78 is 5.60. The second-order valence-corrected chi connectivity index (χ2v) is 7.77. The van der Waals surface area contributed by atoms with Crippen LogP contribution in [0.15, 0.2) is 46.0 Å². The van der Waals surface area contributed by atoms with Gasteiger partial charge in [0.15, 0.2) is 17.3 Å². The predicted octanol–water partition coefficient (Wildman–Crippen LogP) is 4.48. The molecule has 0 radical (unpaired) electrons. The van der Waals surface area contributed by atoms with Gasteiger partial charge in [-0.1, -0.05) is 11.8 Å². The largest absolute Gasteiger partial charge is 0.504 e. The molecule has 0 bridgehead atoms. The van der Waals surface area contributed by atoms with Gasteiger partial charge in [-0.3, -0.25) is 4.79 Å². The van der Waals surface area contributed by atoms with Crippen molar-refractivity contribution >= 4 is 17.5 Å². The van der Waals surface area contributed by atoms with E-state index in [-0.39, 0.29) is 28.6 Å². The van der Waals surface area contributed by atoms with Gasteiger partial charge in [-0.2, -0.15) is 5.26 Å². The summed E-state index contributed by atoms with van der Waals surface area (Å²) in [7, 11) is 0. The lowest BCUT2D eigenvalue weighted by Crippen LogP contribution is -2.11. The Labute approximate surface area is 171 Å². The molecule has 2 heterocycles. The van der Waals surface area contributed by atoms with Gasteiger partial charge in [0.2, 0.25) is 0 Å². The summed E-state index contributed by atoms with van der Waals surface area (Å²) in [5.41, 5.74) is 3.50. The van der Waals surface area contributed by atoms with Gasteiger partial charge >= 0.3 is 0 Å². The number of rotatable bonds is 5. The summed E-state index contributed by atoms with van der Waals surface area (Å²) in [6.07, 6.45) is 5.35. The van der Waals surface area contributed by atoms with Crippen molar-refractivity contribution < 1.29 is 19.4 Å². The summed E-state index contributed by atoms with van der Waals surface area (Å²) in [4.78, 5) is 17.2. The van der Waals surface area contributed by atoms with Crippen LogP contribution in [-0.2, 0) is 12.8 Å². The van der Waals surface area contributed by atoms with Crippen LogP contribution in [0.2, 0.25) is 0 Å². The minimum absolute atomic E-state index is 0.0578. The Balaban J connectivity index is 1.68. The summed E-state index contributed by atoms with van der Waals surface area (Å²) in [6, 6.07) is 9.85. The van der Waals surface area contributed by atoms with E-state index in [1.54, 1.807) is 12.3 Å². The van der Waals surface area contributed by atoms with Crippen LogP contribution in [0.4, 0.5) is 0 Å². The SMILES string of the molecule is N#Cc1c(SCC(=O)c2ccc(O)c(O)c2)nc2c(c1-c1ccco1)CCCC2. The number of hydrogen-bond acceptors (Lipinski definition) is 7. The van der Waals surface area contributed by atoms with E-state index in [4.69, 9.17) is 9.40 Å². The summed E-state index contributed by atoms with van der Waals surface area (Å²) in [6.45, 7) is 0. The minimum Gasteiger partial charge on any atom is -0.504 e. The average molecular weight is 406 g/mol. The smallest absolute Gasteiger partial charge is 0.173 e. The fourth-order valence-corrected chi connectivity index (χ4v) is 4.43. The number of nitriles is 1. The quantitative estimate of drug-likeness (QED) is 0.365. The number of carbonyl (C=O) groups is 1. The number of carbonyl (C=O) groups excluding carboxylic acids is 1. The van der Waals surface area contributed by atoms with E-state index in [0.29, 0.717) is 16.3 Å². The number of phenolic OH excluding ortho intramolecular Hbond substituents is 2. The highest BCUT2D eigenvalue weighted by Gasteiger charge is 2.25. The number of thioether (sulfide) groups is 1. The average Bonchev–Trinajstić information content (AvgIpc) is 3.27. The van der Waals surface area contributed by atoms with Crippen molar-refractivity contribution in [2.24, 2.45) is 0 Å². The van der Waals surface area contributed by atoms with Crippen molar-refractivity contribution in [2.45, 2.75) is 30.7 Å². The molecule has 0 fully saturated rings. The number of pyridine rings is 1. The molecule has 0 unspecified atom stereocenters. The molecule has 146 valence electrons. The topological polar surface area (TPSA) is 107 Å². The highest BCUT2D eigenvalue weighted by molar-refractivity contribution is 8.00. The Kier molecular flexibility index (Phi) is 5.28. The van der Waals surface area contributed by atoms with Crippen molar-refractivity contribution in [1.82, 2.24) is 4.98 Å². The lowest BCUT2D eigenvalue weighted by molar-refractivity contribution is 0.102. The first kappa shape index (κ1) is 19.1. The molecule has 1 aliphatic rings. The first-order chi connectivity index (χ1) is 14.1. The molecule has 3 aromatic rings. The highest BCUT2D eigenvalue weighted by atomic mass is 32.2. The van der Waals surface area contributed by atoms with E-state index in [9.17, 15) is 20.3 Å². The van der Waals surface area contributed by atoms with Crippen LogP contribution < -0.4 is 0 Å². The molecule has 0 amide bonds. The summed E-state index contributed by atoms with van der Waals surface area (Å²) in [5.74, 6) is -0.152. The number of aromatic nitrogens is 1. The molecule has 1 aromatic carbocycles. The van der Waals surface area contributed by atoms with Crippen LogP contribution in [0.5, 0.6) is 11.5 Å². The molecule has 0 spiro atoms. The number of furan rings is 1. The number of fused-ring (bicyclic) bond motifs is 1. The normalized spacial score (nSPS) is 12.9. The maximum atomic E-state index is 12.5. The van der Waals surface area contributed by atoms with Crippen LogP contribution >= 0.6 is 11.8 Å². The van der Waals surface area contributed by atoms with Gasteiger partial charge in [0, 0.05) is 16.8 Å². The maximum Gasteiger partial charge on any atom is 0.173 e. The summed E-state index contributed by atoms with van der Waals surface area (Å²) >= 11 is 1.20. The zero-order valence-corrected chi connectivity index (χ0v) is 16.3. The predicted molar refractivity (Wildman–Crippen MR) is 108 cm³/mol. The number of phenols is 2. The molecule has 4 rings (SSSR count). The molecule has 2 aromatic heterocycles. The van der Waals surface area contributed by atoms with E-state index >= 15 is 0 Å². The molecule has 0 atom stereocenters. The third-order valence-electron chi connectivity index (χ3n) is 4.96. The number of Topliss-reactive ketones (excluding diaryl/α,β-unsaturated/α-hetero) is 1. The third-order valence-corrected chi connectivity index (χ3v) is 5.93. The Hall–Kier alpha value is -3.24. The van der Waals surface area contributed by atoms with E-state index in [0.717, 1.165) is 42.5 Å². The number of hydrogen-bond donors (Lipinski definition) is 2. The van der Waals surface area contributed by atoms with Crippen molar-refractivity contribution in [2.75, 3.05) is 5.75 Å². The number of aryl methyl sites for hydroxylation is 1. The third kappa shape index (κ3) is 3.71. The molecule has 0 saturated heterocycles. The molecule has 29 heavy (non-hydrogen) atoms. The van der Waals surface area contributed by atoms with Gasteiger partial charge in [0.25, 0.3) is 0 Å². The van der Waals surface area contributed by atoms with Crippen LogP contribution in [0, 0.1) is 11.3 Å². The molecular weight excluding hydrogens is 388 g/mol. The lowest BCUT2D eigenvalue weighted by Gasteiger charge is -2.20. The molecule has 6 nitrogen and oxygen atoms in total. The Morgan fingerprint density at radius 2 is 2.03 bits per heavy atom. The fraction of sp³-hybridized carbons (Fsp3) is 0.227. The first-order valence-corrected chi connectivity index (χ1v) is 10.2. The van der Waals surface area contributed by atoms with Crippen LogP contribution in [-0.4, -0.2) is 26.7 Å². The van der Waals surface area contributed by atoms with Crippen molar-refractivity contribution in [1.29, 1.82) is 5.26 Å². The summed E-state index contributed by atoms with van der Waals surface area (Å²) in [5, 5.41) is 29.4.